The first-order chi connectivity index (χ1) is 14.0. The molecular weight excluding hydrogens is 364 g/mol. The maximum absolute atomic E-state index is 13.5. The quantitative estimate of drug-likeness (QED) is 0.705. The minimum atomic E-state index is 0.127. The molecule has 4 rings (SSSR count). The van der Waals surface area contributed by atoms with Crippen LogP contribution in [0, 0.1) is 5.92 Å². The number of ether oxygens (including phenoxy) is 1. The first kappa shape index (κ1) is 21.1. The van der Waals surface area contributed by atoms with Gasteiger partial charge in [-0.05, 0) is 58.3 Å². The second-order valence-electron chi connectivity index (χ2n) is 10.1. The Balaban J connectivity index is 1.35. The van der Waals surface area contributed by atoms with Gasteiger partial charge in [-0.25, -0.2) is 0 Å². The van der Waals surface area contributed by atoms with Crippen molar-refractivity contribution in [2.75, 3.05) is 6.54 Å². The number of piperazine rings is 1. The Morgan fingerprint density at radius 2 is 1.34 bits per heavy atom. The van der Waals surface area contributed by atoms with E-state index < -0.39 is 0 Å². The van der Waals surface area contributed by atoms with Crippen LogP contribution in [-0.4, -0.2) is 58.5 Å². The van der Waals surface area contributed by atoms with Crippen LogP contribution in [0.25, 0.3) is 0 Å². The van der Waals surface area contributed by atoms with Crippen molar-refractivity contribution in [2.24, 2.45) is 5.92 Å². The highest BCUT2D eigenvalue weighted by atomic mass is 16.5. The third-order valence-electron chi connectivity index (χ3n) is 7.99. The van der Waals surface area contributed by atoms with Crippen LogP contribution in [0.15, 0.2) is 0 Å². The van der Waals surface area contributed by atoms with Crippen LogP contribution in [0.3, 0.4) is 0 Å². The number of hydrogen-bond donors (Lipinski definition) is 0. The highest BCUT2D eigenvalue weighted by molar-refractivity contribution is 5.80. The molecule has 1 heterocycles. The molecule has 0 radical (unpaired) electrons. The second kappa shape index (κ2) is 9.36. The zero-order valence-electron chi connectivity index (χ0n) is 18.5. The number of hydrogen-bond acceptors (Lipinski definition) is 3. The molecule has 164 valence electrons. The summed E-state index contributed by atoms with van der Waals surface area (Å²) in [6.45, 7) is 4.51. The molecule has 1 aliphatic heterocycles. The van der Waals surface area contributed by atoms with E-state index in [1.165, 1.54) is 44.9 Å². The van der Waals surface area contributed by atoms with Gasteiger partial charge in [0, 0.05) is 25.4 Å². The van der Waals surface area contributed by atoms with E-state index in [0.29, 0.717) is 24.7 Å². The lowest BCUT2D eigenvalue weighted by atomic mass is 9.81. The second-order valence-corrected chi connectivity index (χ2v) is 10.1. The largest absolute Gasteiger partial charge is 0.375 e. The SMILES string of the molecule is CC(=O)N1C2CCCCC2N(C(=O)C2CCC(OC3CCCCC3)CC2)C[C@@H]1C. The molecule has 0 N–H and O–H groups in total. The van der Waals surface area contributed by atoms with Crippen LogP contribution < -0.4 is 0 Å². The lowest BCUT2D eigenvalue weighted by Gasteiger charge is -2.53. The molecular formula is C24H40N2O3. The molecule has 5 heteroatoms. The molecule has 0 spiro atoms. The predicted octanol–water partition coefficient (Wildman–Crippen LogP) is 4.28. The third kappa shape index (κ3) is 4.65. The highest BCUT2D eigenvalue weighted by Gasteiger charge is 2.45. The number of fused-ring (bicyclic) bond motifs is 1. The van der Waals surface area contributed by atoms with Crippen LogP contribution in [-0.2, 0) is 14.3 Å². The van der Waals surface area contributed by atoms with E-state index in [9.17, 15) is 9.59 Å². The molecule has 2 unspecified atom stereocenters. The molecule has 0 aromatic carbocycles. The minimum Gasteiger partial charge on any atom is -0.375 e. The van der Waals surface area contributed by atoms with Crippen molar-refractivity contribution in [1.82, 2.24) is 9.80 Å². The van der Waals surface area contributed by atoms with Gasteiger partial charge < -0.3 is 14.5 Å². The third-order valence-corrected chi connectivity index (χ3v) is 7.99. The Morgan fingerprint density at radius 1 is 0.759 bits per heavy atom. The first-order valence-corrected chi connectivity index (χ1v) is 12.3. The van der Waals surface area contributed by atoms with Crippen LogP contribution in [0.4, 0.5) is 0 Å². The van der Waals surface area contributed by atoms with E-state index in [1.807, 2.05) is 0 Å². The summed E-state index contributed by atoms with van der Waals surface area (Å²) in [6.07, 6.45) is 15.7. The summed E-state index contributed by atoms with van der Waals surface area (Å²) in [5, 5.41) is 0. The molecule has 4 fully saturated rings. The van der Waals surface area contributed by atoms with Gasteiger partial charge in [0.1, 0.15) is 0 Å². The molecule has 1 saturated heterocycles. The fourth-order valence-electron chi connectivity index (χ4n) is 6.57. The topological polar surface area (TPSA) is 49.9 Å². The molecule has 3 aliphatic carbocycles. The predicted molar refractivity (Wildman–Crippen MR) is 113 cm³/mol. The summed E-state index contributed by atoms with van der Waals surface area (Å²) in [7, 11) is 0. The maximum atomic E-state index is 13.5. The van der Waals surface area contributed by atoms with Gasteiger partial charge in [-0.3, -0.25) is 9.59 Å². The molecule has 5 nitrogen and oxygen atoms in total. The van der Waals surface area contributed by atoms with Crippen molar-refractivity contribution in [1.29, 1.82) is 0 Å². The fraction of sp³-hybridized carbons (Fsp3) is 0.917. The smallest absolute Gasteiger partial charge is 0.226 e. The molecule has 29 heavy (non-hydrogen) atoms. The summed E-state index contributed by atoms with van der Waals surface area (Å²) >= 11 is 0. The van der Waals surface area contributed by atoms with E-state index in [-0.39, 0.29) is 30.0 Å². The lowest BCUT2D eigenvalue weighted by Crippen LogP contribution is -2.66. The van der Waals surface area contributed by atoms with Crippen molar-refractivity contribution in [2.45, 2.75) is 128 Å². The average molecular weight is 405 g/mol. The highest BCUT2D eigenvalue weighted by Crippen LogP contribution is 2.36. The van der Waals surface area contributed by atoms with Crippen LogP contribution in [0.2, 0.25) is 0 Å². The molecule has 0 aromatic rings. The normalized spacial score (nSPS) is 36.6. The van der Waals surface area contributed by atoms with Gasteiger partial charge in [0.15, 0.2) is 0 Å². The summed E-state index contributed by atoms with van der Waals surface area (Å²) in [6, 6.07) is 0.578. The number of carbonyl (C=O) groups is 2. The van der Waals surface area contributed by atoms with E-state index in [2.05, 4.69) is 16.7 Å². The standard InChI is InChI=1S/C24H40N2O3/c1-17-16-25(22-10-6-7-11-23(22)26(17)18(2)27)24(28)19-12-14-21(15-13-19)29-20-8-4-3-5-9-20/h17,19-23H,3-16H2,1-2H3/t17-,19?,21?,22?,23?/m0/s1. The van der Waals surface area contributed by atoms with E-state index >= 15 is 0 Å². The van der Waals surface area contributed by atoms with Gasteiger partial charge in [0.25, 0.3) is 0 Å². The van der Waals surface area contributed by atoms with Crippen molar-refractivity contribution in [3.63, 3.8) is 0 Å². The van der Waals surface area contributed by atoms with E-state index in [1.54, 1.807) is 6.92 Å². The Bertz CT molecular complexity index is 581. The van der Waals surface area contributed by atoms with Gasteiger partial charge in [-0.2, -0.15) is 0 Å². The Labute approximate surface area is 176 Å². The first-order valence-electron chi connectivity index (χ1n) is 12.3. The fourth-order valence-corrected chi connectivity index (χ4v) is 6.57. The van der Waals surface area contributed by atoms with Gasteiger partial charge >= 0.3 is 0 Å². The van der Waals surface area contributed by atoms with Crippen molar-refractivity contribution < 1.29 is 14.3 Å². The Morgan fingerprint density at radius 3 is 2.00 bits per heavy atom. The summed E-state index contributed by atoms with van der Waals surface area (Å²) < 4.78 is 6.38. The number of amides is 2. The minimum absolute atomic E-state index is 0.127. The summed E-state index contributed by atoms with van der Waals surface area (Å²) in [4.78, 5) is 30.0. The van der Waals surface area contributed by atoms with E-state index in [4.69, 9.17) is 4.74 Å². The Hall–Kier alpha value is -1.10. The zero-order chi connectivity index (χ0) is 20.4. The molecule has 3 saturated carbocycles. The molecule has 2 amide bonds. The van der Waals surface area contributed by atoms with Gasteiger partial charge in [-0.1, -0.05) is 32.1 Å². The zero-order valence-corrected chi connectivity index (χ0v) is 18.5. The molecule has 0 aromatic heterocycles. The van der Waals surface area contributed by atoms with Crippen LogP contribution in [0.1, 0.15) is 97.3 Å². The van der Waals surface area contributed by atoms with Crippen molar-refractivity contribution >= 4 is 11.8 Å². The van der Waals surface area contributed by atoms with Crippen LogP contribution >= 0.6 is 0 Å². The lowest BCUT2D eigenvalue weighted by molar-refractivity contribution is -0.157. The maximum Gasteiger partial charge on any atom is 0.226 e. The average Bonchev–Trinajstić information content (AvgIpc) is 2.73. The van der Waals surface area contributed by atoms with E-state index in [0.717, 1.165) is 38.5 Å². The van der Waals surface area contributed by atoms with Crippen LogP contribution in [0.5, 0.6) is 0 Å². The molecule has 3 atom stereocenters. The van der Waals surface area contributed by atoms with Crippen molar-refractivity contribution in [3.05, 3.63) is 0 Å². The van der Waals surface area contributed by atoms with Gasteiger partial charge in [0.2, 0.25) is 11.8 Å². The van der Waals surface area contributed by atoms with Gasteiger partial charge in [-0.15, -0.1) is 0 Å². The summed E-state index contributed by atoms with van der Waals surface area (Å²) in [5.41, 5.74) is 0. The number of carbonyl (C=O) groups excluding carboxylic acids is 2. The molecule has 0 bridgehead atoms. The summed E-state index contributed by atoms with van der Waals surface area (Å²) in [5.74, 6) is 0.676. The van der Waals surface area contributed by atoms with Gasteiger partial charge in [0.05, 0.1) is 24.3 Å². The number of nitrogens with zero attached hydrogens (tertiary/aromatic N) is 2. The monoisotopic (exact) mass is 404 g/mol. The Kier molecular flexibility index (Phi) is 6.83. The number of rotatable bonds is 3. The van der Waals surface area contributed by atoms with Crippen molar-refractivity contribution in [3.8, 4) is 0 Å². The molecule has 4 aliphatic rings.